The van der Waals surface area contributed by atoms with Gasteiger partial charge in [0.2, 0.25) is 0 Å². The zero-order valence-corrected chi connectivity index (χ0v) is 9.93. The number of carboxylic acid groups (broad SMARTS) is 1. The van der Waals surface area contributed by atoms with E-state index in [1.165, 1.54) is 12.8 Å². The van der Waals surface area contributed by atoms with Crippen molar-refractivity contribution < 1.29 is 9.90 Å². The van der Waals surface area contributed by atoms with E-state index in [2.05, 4.69) is 5.32 Å². The summed E-state index contributed by atoms with van der Waals surface area (Å²) in [4.78, 5) is 11.3. The molecule has 0 aliphatic carbocycles. The summed E-state index contributed by atoms with van der Waals surface area (Å²) in [5.74, 6) is -1.10. The minimum absolute atomic E-state index is 0.352. The molecule has 1 aromatic carbocycles. The molecule has 0 radical (unpaired) electrons. The van der Waals surface area contributed by atoms with Crippen molar-refractivity contribution in [1.29, 1.82) is 0 Å². The SMILES string of the molecule is O=C(O)C(CC1CCCCN1)c1ccccc1. The lowest BCUT2D eigenvalue weighted by Gasteiger charge is -2.26. The zero-order chi connectivity index (χ0) is 12.1. The van der Waals surface area contributed by atoms with Crippen LogP contribution in [0.2, 0.25) is 0 Å². The molecule has 2 atom stereocenters. The molecule has 0 spiro atoms. The van der Waals surface area contributed by atoms with Gasteiger partial charge in [0.25, 0.3) is 0 Å². The fourth-order valence-corrected chi connectivity index (χ4v) is 2.47. The molecule has 0 bridgehead atoms. The van der Waals surface area contributed by atoms with Gasteiger partial charge in [-0.05, 0) is 31.4 Å². The summed E-state index contributed by atoms with van der Waals surface area (Å²) >= 11 is 0. The number of nitrogens with one attached hydrogen (secondary N) is 1. The minimum Gasteiger partial charge on any atom is -0.481 e. The van der Waals surface area contributed by atoms with Crippen LogP contribution in [0.25, 0.3) is 0 Å². The van der Waals surface area contributed by atoms with Crippen molar-refractivity contribution >= 4 is 5.97 Å². The van der Waals surface area contributed by atoms with Crippen molar-refractivity contribution in [2.75, 3.05) is 6.54 Å². The highest BCUT2D eigenvalue weighted by atomic mass is 16.4. The van der Waals surface area contributed by atoms with Gasteiger partial charge in [-0.3, -0.25) is 4.79 Å². The molecule has 0 aromatic heterocycles. The zero-order valence-electron chi connectivity index (χ0n) is 9.93. The van der Waals surface area contributed by atoms with Crippen molar-refractivity contribution in [3.8, 4) is 0 Å². The molecule has 0 amide bonds. The maximum Gasteiger partial charge on any atom is 0.311 e. The standard InChI is InChI=1S/C14H19NO2/c16-14(17)13(11-6-2-1-3-7-11)10-12-8-4-5-9-15-12/h1-3,6-7,12-13,15H,4-5,8-10H2,(H,16,17). The lowest BCUT2D eigenvalue weighted by atomic mass is 9.89. The Kier molecular flexibility index (Phi) is 4.15. The van der Waals surface area contributed by atoms with Crippen molar-refractivity contribution in [3.05, 3.63) is 35.9 Å². The summed E-state index contributed by atoms with van der Waals surface area (Å²) < 4.78 is 0. The lowest BCUT2D eigenvalue weighted by molar-refractivity contribution is -0.139. The third-order valence-corrected chi connectivity index (χ3v) is 3.43. The molecule has 1 aliphatic heterocycles. The molecule has 1 fully saturated rings. The highest BCUT2D eigenvalue weighted by molar-refractivity contribution is 5.76. The second kappa shape index (κ2) is 5.82. The average Bonchev–Trinajstić information content (AvgIpc) is 2.38. The van der Waals surface area contributed by atoms with E-state index in [1.54, 1.807) is 0 Å². The van der Waals surface area contributed by atoms with Crippen LogP contribution in [0.3, 0.4) is 0 Å². The predicted molar refractivity (Wildman–Crippen MR) is 67.1 cm³/mol. The van der Waals surface area contributed by atoms with E-state index in [0.29, 0.717) is 12.5 Å². The van der Waals surface area contributed by atoms with Crippen LogP contribution in [-0.2, 0) is 4.79 Å². The molecule has 1 heterocycles. The average molecular weight is 233 g/mol. The Morgan fingerprint density at radius 2 is 2.12 bits per heavy atom. The van der Waals surface area contributed by atoms with Gasteiger partial charge in [-0.25, -0.2) is 0 Å². The van der Waals surface area contributed by atoms with Crippen LogP contribution in [0, 0.1) is 0 Å². The summed E-state index contributed by atoms with van der Waals surface area (Å²) in [5.41, 5.74) is 0.910. The van der Waals surface area contributed by atoms with Gasteiger partial charge in [0.1, 0.15) is 0 Å². The van der Waals surface area contributed by atoms with Crippen LogP contribution < -0.4 is 5.32 Å². The fourth-order valence-electron chi connectivity index (χ4n) is 2.47. The van der Waals surface area contributed by atoms with Crippen LogP contribution in [0.4, 0.5) is 0 Å². The first-order chi connectivity index (χ1) is 8.27. The highest BCUT2D eigenvalue weighted by Gasteiger charge is 2.24. The molecule has 17 heavy (non-hydrogen) atoms. The van der Waals surface area contributed by atoms with Gasteiger partial charge < -0.3 is 10.4 Å². The second-order valence-corrected chi connectivity index (χ2v) is 4.68. The van der Waals surface area contributed by atoms with E-state index in [9.17, 15) is 9.90 Å². The Balaban J connectivity index is 2.05. The first-order valence-corrected chi connectivity index (χ1v) is 6.28. The van der Waals surface area contributed by atoms with Gasteiger partial charge in [-0.1, -0.05) is 36.8 Å². The normalized spacial score (nSPS) is 22.0. The summed E-state index contributed by atoms with van der Waals surface area (Å²) in [6.45, 7) is 1.02. The smallest absolute Gasteiger partial charge is 0.311 e. The molecule has 2 N–H and O–H groups in total. The Labute approximate surface area is 102 Å². The first-order valence-electron chi connectivity index (χ1n) is 6.28. The van der Waals surface area contributed by atoms with Crippen LogP contribution in [0.1, 0.15) is 37.2 Å². The molecule has 1 aliphatic rings. The Morgan fingerprint density at radius 3 is 2.71 bits per heavy atom. The van der Waals surface area contributed by atoms with Gasteiger partial charge in [-0.15, -0.1) is 0 Å². The van der Waals surface area contributed by atoms with E-state index in [-0.39, 0.29) is 5.92 Å². The summed E-state index contributed by atoms with van der Waals surface area (Å²) in [6.07, 6.45) is 4.20. The van der Waals surface area contributed by atoms with Gasteiger partial charge >= 0.3 is 5.97 Å². The van der Waals surface area contributed by atoms with Gasteiger partial charge in [-0.2, -0.15) is 0 Å². The van der Waals surface area contributed by atoms with Crippen molar-refractivity contribution in [2.24, 2.45) is 0 Å². The van der Waals surface area contributed by atoms with Gasteiger partial charge in [0.15, 0.2) is 0 Å². The second-order valence-electron chi connectivity index (χ2n) is 4.68. The molecule has 92 valence electrons. The van der Waals surface area contributed by atoms with E-state index >= 15 is 0 Å². The molecule has 3 heteroatoms. The number of benzene rings is 1. The lowest BCUT2D eigenvalue weighted by Crippen LogP contribution is -2.36. The molecular weight excluding hydrogens is 214 g/mol. The van der Waals surface area contributed by atoms with Crippen LogP contribution >= 0.6 is 0 Å². The maximum absolute atomic E-state index is 11.3. The number of piperidine rings is 1. The van der Waals surface area contributed by atoms with Crippen molar-refractivity contribution in [1.82, 2.24) is 5.32 Å². The third-order valence-electron chi connectivity index (χ3n) is 3.43. The number of carbonyl (C=O) groups is 1. The Hall–Kier alpha value is -1.35. The molecule has 0 saturated carbocycles. The van der Waals surface area contributed by atoms with E-state index in [4.69, 9.17) is 0 Å². The van der Waals surface area contributed by atoms with Crippen LogP contribution in [-0.4, -0.2) is 23.7 Å². The number of aliphatic carboxylic acids is 1. The largest absolute Gasteiger partial charge is 0.481 e. The highest BCUT2D eigenvalue weighted by Crippen LogP contribution is 2.24. The number of carboxylic acids is 1. The van der Waals surface area contributed by atoms with Gasteiger partial charge in [0, 0.05) is 6.04 Å². The topological polar surface area (TPSA) is 49.3 Å². The van der Waals surface area contributed by atoms with E-state index < -0.39 is 5.97 Å². The number of rotatable bonds is 4. The molecule has 2 unspecified atom stereocenters. The monoisotopic (exact) mass is 233 g/mol. The number of hydrogen-bond acceptors (Lipinski definition) is 2. The van der Waals surface area contributed by atoms with Crippen LogP contribution in [0.15, 0.2) is 30.3 Å². The summed E-state index contributed by atoms with van der Waals surface area (Å²) in [6, 6.07) is 9.88. The maximum atomic E-state index is 11.3. The van der Waals surface area contributed by atoms with Crippen molar-refractivity contribution in [3.63, 3.8) is 0 Å². The third kappa shape index (κ3) is 3.30. The Morgan fingerprint density at radius 1 is 1.35 bits per heavy atom. The summed E-state index contributed by atoms with van der Waals surface area (Å²) in [5, 5.41) is 12.7. The molecule has 3 nitrogen and oxygen atoms in total. The first kappa shape index (κ1) is 12.1. The predicted octanol–water partition coefficient (Wildman–Crippen LogP) is 2.39. The molecule has 1 saturated heterocycles. The fraction of sp³-hybridized carbons (Fsp3) is 0.500. The van der Waals surface area contributed by atoms with E-state index in [0.717, 1.165) is 18.5 Å². The quantitative estimate of drug-likeness (QED) is 0.839. The molecular formula is C14H19NO2. The molecule has 2 rings (SSSR count). The summed E-state index contributed by atoms with van der Waals surface area (Å²) in [7, 11) is 0. The van der Waals surface area contributed by atoms with Crippen molar-refractivity contribution in [2.45, 2.75) is 37.6 Å². The van der Waals surface area contributed by atoms with Crippen LogP contribution in [0.5, 0.6) is 0 Å². The minimum atomic E-state index is -0.719. The van der Waals surface area contributed by atoms with Gasteiger partial charge in [0.05, 0.1) is 5.92 Å². The Bertz CT molecular complexity index is 358. The number of hydrogen-bond donors (Lipinski definition) is 2. The molecule has 1 aromatic rings. The van der Waals surface area contributed by atoms with E-state index in [1.807, 2.05) is 30.3 Å².